The molecule has 1 aliphatic heterocycles. The molecule has 164 valence electrons. The van der Waals surface area contributed by atoms with E-state index in [1.54, 1.807) is 12.1 Å². The van der Waals surface area contributed by atoms with E-state index in [0.717, 1.165) is 38.5 Å². The van der Waals surface area contributed by atoms with Gasteiger partial charge in [-0.3, -0.25) is 0 Å². The van der Waals surface area contributed by atoms with Gasteiger partial charge in [0.25, 0.3) is 0 Å². The molecule has 30 heavy (non-hydrogen) atoms. The highest BCUT2D eigenvalue weighted by molar-refractivity contribution is 5.66. The van der Waals surface area contributed by atoms with E-state index in [9.17, 15) is 13.2 Å². The van der Waals surface area contributed by atoms with Crippen LogP contribution < -0.4 is 4.74 Å². The topological polar surface area (TPSA) is 18.5 Å². The minimum Gasteiger partial charge on any atom is -0.491 e. The number of ether oxygens (including phenoxy) is 2. The van der Waals surface area contributed by atoms with Gasteiger partial charge in [-0.1, -0.05) is 51.3 Å². The zero-order chi connectivity index (χ0) is 21.5. The fraction of sp³-hybridized carbons (Fsp3) is 0.520. The molecular weight excluding hydrogens is 389 g/mol. The van der Waals surface area contributed by atoms with Crippen LogP contribution in [0.5, 0.6) is 5.75 Å². The molecule has 1 fully saturated rings. The molecule has 2 aromatic rings. The van der Waals surface area contributed by atoms with E-state index in [4.69, 9.17) is 9.47 Å². The van der Waals surface area contributed by atoms with Crippen molar-refractivity contribution in [1.29, 1.82) is 0 Å². The smallest absolute Gasteiger partial charge is 0.167 e. The maximum Gasteiger partial charge on any atom is 0.167 e. The lowest BCUT2D eigenvalue weighted by Gasteiger charge is -2.29. The van der Waals surface area contributed by atoms with Crippen LogP contribution in [0.2, 0.25) is 0 Å². The molecule has 1 heterocycles. The molecule has 5 heteroatoms. The van der Waals surface area contributed by atoms with Gasteiger partial charge in [0.2, 0.25) is 0 Å². The molecule has 0 aliphatic carbocycles. The van der Waals surface area contributed by atoms with Crippen LogP contribution in [-0.4, -0.2) is 13.2 Å². The maximum atomic E-state index is 14.8. The average Bonchev–Trinajstić information content (AvgIpc) is 2.75. The van der Waals surface area contributed by atoms with Crippen molar-refractivity contribution in [3.63, 3.8) is 0 Å². The molecule has 1 saturated heterocycles. The summed E-state index contributed by atoms with van der Waals surface area (Å²) in [6.07, 6.45) is 6.30. The SMILES string of the molecule is CCCCCOc1ccc(-c2ccc(C3CCC(CCC)CO3)c(F)c2F)cc1F. The van der Waals surface area contributed by atoms with E-state index < -0.39 is 23.6 Å². The Labute approximate surface area is 177 Å². The van der Waals surface area contributed by atoms with E-state index in [1.807, 2.05) is 0 Å². The molecule has 0 aromatic heterocycles. The van der Waals surface area contributed by atoms with Gasteiger partial charge in [0.15, 0.2) is 23.2 Å². The first-order valence-corrected chi connectivity index (χ1v) is 11.1. The van der Waals surface area contributed by atoms with Crippen molar-refractivity contribution in [1.82, 2.24) is 0 Å². The first-order valence-electron chi connectivity index (χ1n) is 11.1. The number of hydrogen-bond donors (Lipinski definition) is 0. The van der Waals surface area contributed by atoms with Crippen LogP contribution in [0.4, 0.5) is 13.2 Å². The second kappa shape index (κ2) is 10.9. The zero-order valence-electron chi connectivity index (χ0n) is 17.9. The van der Waals surface area contributed by atoms with Gasteiger partial charge in [0.05, 0.1) is 19.3 Å². The normalized spacial score (nSPS) is 19.1. The summed E-state index contributed by atoms with van der Waals surface area (Å²) in [6, 6.07) is 7.29. The van der Waals surface area contributed by atoms with Crippen molar-refractivity contribution in [2.75, 3.05) is 13.2 Å². The largest absolute Gasteiger partial charge is 0.491 e. The average molecular weight is 421 g/mol. The van der Waals surface area contributed by atoms with Gasteiger partial charge in [0, 0.05) is 11.1 Å². The number of halogens is 3. The molecular formula is C25H31F3O2. The summed E-state index contributed by atoms with van der Waals surface area (Å²) in [5.41, 5.74) is 0.554. The number of rotatable bonds is 9. The van der Waals surface area contributed by atoms with Crippen molar-refractivity contribution in [2.24, 2.45) is 5.92 Å². The second-order valence-corrected chi connectivity index (χ2v) is 8.09. The molecule has 2 aromatic carbocycles. The van der Waals surface area contributed by atoms with Gasteiger partial charge in [-0.2, -0.15) is 0 Å². The van der Waals surface area contributed by atoms with Gasteiger partial charge in [-0.05, 0) is 49.3 Å². The van der Waals surface area contributed by atoms with Crippen LogP contribution in [-0.2, 0) is 4.74 Å². The Bertz CT molecular complexity index is 829. The van der Waals surface area contributed by atoms with Crippen molar-refractivity contribution in [3.05, 3.63) is 53.3 Å². The Balaban J connectivity index is 1.73. The lowest BCUT2D eigenvalue weighted by atomic mass is 9.91. The third-order valence-corrected chi connectivity index (χ3v) is 5.77. The van der Waals surface area contributed by atoms with Crippen molar-refractivity contribution in [2.45, 2.75) is 64.9 Å². The van der Waals surface area contributed by atoms with E-state index in [0.29, 0.717) is 25.6 Å². The van der Waals surface area contributed by atoms with Gasteiger partial charge < -0.3 is 9.47 Å². The Kier molecular flexibility index (Phi) is 8.20. The Morgan fingerprint density at radius 1 is 0.967 bits per heavy atom. The van der Waals surface area contributed by atoms with E-state index in [2.05, 4.69) is 13.8 Å². The zero-order valence-corrected chi connectivity index (χ0v) is 17.9. The molecule has 2 nitrogen and oxygen atoms in total. The molecule has 0 N–H and O–H groups in total. The van der Waals surface area contributed by atoms with Crippen LogP contribution in [0.25, 0.3) is 11.1 Å². The third-order valence-electron chi connectivity index (χ3n) is 5.77. The third kappa shape index (κ3) is 5.37. The maximum absolute atomic E-state index is 14.8. The standard InChI is InChI=1S/C25H31F3O2/c1-3-5-6-14-29-23-13-9-18(15-21(23)26)19-10-11-20(25(28)24(19)27)22-12-8-17(7-4-2)16-30-22/h9-11,13,15,17,22H,3-8,12,14,16H2,1-2H3. The minimum absolute atomic E-state index is 0.0346. The first-order chi connectivity index (χ1) is 14.5. The molecule has 0 amide bonds. The quantitative estimate of drug-likeness (QED) is 0.389. The summed E-state index contributed by atoms with van der Waals surface area (Å²) in [4.78, 5) is 0. The van der Waals surface area contributed by atoms with Crippen LogP contribution in [0.15, 0.2) is 30.3 Å². The monoisotopic (exact) mass is 420 g/mol. The van der Waals surface area contributed by atoms with Gasteiger partial charge in [-0.25, -0.2) is 13.2 Å². The Morgan fingerprint density at radius 2 is 1.80 bits per heavy atom. The van der Waals surface area contributed by atoms with Crippen molar-refractivity contribution >= 4 is 0 Å². The van der Waals surface area contributed by atoms with Crippen LogP contribution in [0.1, 0.15) is 70.5 Å². The molecule has 2 unspecified atom stereocenters. The van der Waals surface area contributed by atoms with E-state index in [-0.39, 0.29) is 22.4 Å². The van der Waals surface area contributed by atoms with Gasteiger partial charge >= 0.3 is 0 Å². The van der Waals surface area contributed by atoms with Crippen LogP contribution >= 0.6 is 0 Å². The fourth-order valence-electron chi connectivity index (χ4n) is 4.04. The van der Waals surface area contributed by atoms with Gasteiger partial charge in [0.1, 0.15) is 0 Å². The van der Waals surface area contributed by atoms with Crippen molar-refractivity contribution in [3.8, 4) is 16.9 Å². The summed E-state index contributed by atoms with van der Waals surface area (Å²) in [6.45, 7) is 5.22. The highest BCUT2D eigenvalue weighted by Crippen LogP contribution is 2.37. The van der Waals surface area contributed by atoms with Crippen LogP contribution in [0, 0.1) is 23.4 Å². The number of unbranched alkanes of at least 4 members (excludes halogenated alkanes) is 2. The fourth-order valence-corrected chi connectivity index (χ4v) is 4.04. The minimum atomic E-state index is -0.970. The first kappa shape index (κ1) is 22.7. The van der Waals surface area contributed by atoms with Crippen LogP contribution in [0.3, 0.4) is 0 Å². The van der Waals surface area contributed by atoms with E-state index >= 15 is 0 Å². The summed E-state index contributed by atoms with van der Waals surface area (Å²) < 4.78 is 55.3. The Hall–Kier alpha value is -2.01. The highest BCUT2D eigenvalue weighted by Gasteiger charge is 2.27. The van der Waals surface area contributed by atoms with E-state index in [1.165, 1.54) is 18.2 Å². The number of benzene rings is 2. The molecule has 0 bridgehead atoms. The molecule has 0 radical (unpaired) electrons. The number of hydrogen-bond acceptors (Lipinski definition) is 2. The summed E-state index contributed by atoms with van der Waals surface area (Å²) in [5.74, 6) is -1.84. The second-order valence-electron chi connectivity index (χ2n) is 8.09. The summed E-state index contributed by atoms with van der Waals surface area (Å²) in [7, 11) is 0. The molecule has 0 saturated carbocycles. The van der Waals surface area contributed by atoms with Gasteiger partial charge in [-0.15, -0.1) is 0 Å². The predicted octanol–water partition coefficient (Wildman–Crippen LogP) is 7.61. The lowest BCUT2D eigenvalue weighted by Crippen LogP contribution is -2.21. The Morgan fingerprint density at radius 3 is 2.47 bits per heavy atom. The molecule has 0 spiro atoms. The lowest BCUT2D eigenvalue weighted by molar-refractivity contribution is -0.0214. The highest BCUT2D eigenvalue weighted by atomic mass is 19.2. The molecule has 2 atom stereocenters. The molecule has 1 aliphatic rings. The molecule has 3 rings (SSSR count). The van der Waals surface area contributed by atoms with Crippen molar-refractivity contribution < 1.29 is 22.6 Å². The summed E-state index contributed by atoms with van der Waals surface area (Å²) >= 11 is 0. The summed E-state index contributed by atoms with van der Waals surface area (Å²) in [5, 5.41) is 0. The predicted molar refractivity (Wildman–Crippen MR) is 113 cm³/mol.